The molecule has 1 N–H and O–H groups in total. The number of hydrogen-bond donors (Lipinski definition) is 1. The second-order valence-electron chi connectivity index (χ2n) is 6.66. The van der Waals surface area contributed by atoms with Crippen LogP contribution in [0, 0.1) is 5.92 Å². The lowest BCUT2D eigenvalue weighted by Gasteiger charge is -2.46. The van der Waals surface area contributed by atoms with Crippen molar-refractivity contribution in [1.82, 2.24) is 5.32 Å². The van der Waals surface area contributed by atoms with Gasteiger partial charge < -0.3 is 5.32 Å². The molecule has 0 bridgehead atoms. The van der Waals surface area contributed by atoms with E-state index in [4.69, 9.17) is 0 Å². The number of likely N-dealkylation sites (N-methyl/N-ethyl adjacent to an activating group) is 1. The minimum atomic E-state index is 0.291. The van der Waals surface area contributed by atoms with Gasteiger partial charge in [-0.05, 0) is 43.7 Å². The summed E-state index contributed by atoms with van der Waals surface area (Å²) in [5, 5.41) is 3.89. The largest absolute Gasteiger partial charge is 0.313 e. The zero-order valence-corrected chi connectivity index (χ0v) is 14.2. The van der Waals surface area contributed by atoms with Gasteiger partial charge in [0.05, 0.1) is 0 Å². The van der Waals surface area contributed by atoms with E-state index >= 15 is 0 Å². The summed E-state index contributed by atoms with van der Waals surface area (Å²) < 4.78 is 0. The molecule has 0 aromatic heterocycles. The van der Waals surface area contributed by atoms with E-state index in [1.54, 1.807) is 0 Å². The predicted octanol–water partition coefficient (Wildman–Crippen LogP) is 5.30. The minimum Gasteiger partial charge on any atom is -0.313 e. The molecule has 21 heavy (non-hydrogen) atoms. The summed E-state index contributed by atoms with van der Waals surface area (Å²) >= 11 is 0. The first kappa shape index (κ1) is 16.5. The van der Waals surface area contributed by atoms with Gasteiger partial charge >= 0.3 is 0 Å². The summed E-state index contributed by atoms with van der Waals surface area (Å²) in [6.45, 7) is 8.10. The molecular formula is C20H33N. The smallest absolute Gasteiger partial charge is 0.0192 e. The van der Waals surface area contributed by atoms with Gasteiger partial charge in [-0.15, -0.1) is 0 Å². The molecule has 118 valence electrons. The van der Waals surface area contributed by atoms with Gasteiger partial charge in [0.1, 0.15) is 0 Å². The fourth-order valence-corrected chi connectivity index (χ4v) is 4.55. The van der Waals surface area contributed by atoms with Crippen LogP contribution in [0.5, 0.6) is 0 Å². The molecule has 1 aliphatic carbocycles. The molecule has 1 nitrogen and oxygen atoms in total. The summed E-state index contributed by atoms with van der Waals surface area (Å²) in [6.07, 6.45) is 9.55. The Hall–Kier alpha value is -0.820. The fraction of sp³-hybridized carbons (Fsp3) is 0.700. The predicted molar refractivity (Wildman–Crippen MR) is 92.7 cm³/mol. The van der Waals surface area contributed by atoms with Crippen molar-refractivity contribution in [1.29, 1.82) is 0 Å². The Labute approximate surface area is 131 Å². The molecule has 0 heterocycles. The lowest BCUT2D eigenvalue weighted by atomic mass is 9.64. The molecular weight excluding hydrogens is 254 g/mol. The number of nitrogens with one attached hydrogen (secondary N) is 1. The normalized spacial score (nSPS) is 18.6. The fourth-order valence-electron chi connectivity index (χ4n) is 4.55. The van der Waals surface area contributed by atoms with Crippen molar-refractivity contribution in [2.75, 3.05) is 6.54 Å². The third-order valence-corrected chi connectivity index (χ3v) is 5.75. The van der Waals surface area contributed by atoms with Crippen LogP contribution in [-0.2, 0) is 5.41 Å². The summed E-state index contributed by atoms with van der Waals surface area (Å²) in [6, 6.07) is 11.9. The molecule has 1 saturated carbocycles. The average molecular weight is 287 g/mol. The van der Waals surface area contributed by atoms with E-state index in [-0.39, 0.29) is 0 Å². The Morgan fingerprint density at radius 3 is 2.14 bits per heavy atom. The van der Waals surface area contributed by atoms with Gasteiger partial charge in [-0.25, -0.2) is 0 Å². The van der Waals surface area contributed by atoms with Crippen LogP contribution in [0.25, 0.3) is 0 Å². The zero-order valence-electron chi connectivity index (χ0n) is 14.2. The lowest BCUT2D eigenvalue weighted by molar-refractivity contribution is 0.166. The van der Waals surface area contributed by atoms with E-state index in [2.05, 4.69) is 56.4 Å². The third kappa shape index (κ3) is 3.51. The maximum Gasteiger partial charge on any atom is 0.0192 e. The average Bonchev–Trinajstić information content (AvgIpc) is 2.57. The first-order chi connectivity index (χ1) is 10.3. The number of rotatable bonds is 7. The van der Waals surface area contributed by atoms with Crippen LogP contribution in [0.3, 0.4) is 0 Å². The van der Waals surface area contributed by atoms with Gasteiger partial charge in [0, 0.05) is 11.5 Å². The van der Waals surface area contributed by atoms with Crippen molar-refractivity contribution in [3.05, 3.63) is 35.9 Å². The Balaban J connectivity index is 2.35. The summed E-state index contributed by atoms with van der Waals surface area (Å²) in [4.78, 5) is 0. The summed E-state index contributed by atoms with van der Waals surface area (Å²) in [5.74, 6) is 0.846. The van der Waals surface area contributed by atoms with E-state index < -0.39 is 0 Å². The first-order valence-electron chi connectivity index (χ1n) is 9.07. The van der Waals surface area contributed by atoms with Crippen molar-refractivity contribution in [2.24, 2.45) is 5.92 Å². The van der Waals surface area contributed by atoms with Gasteiger partial charge in [-0.2, -0.15) is 0 Å². The first-order valence-corrected chi connectivity index (χ1v) is 9.07. The van der Waals surface area contributed by atoms with Crippen molar-refractivity contribution in [3.63, 3.8) is 0 Å². The van der Waals surface area contributed by atoms with Crippen LogP contribution in [0.2, 0.25) is 0 Å². The molecule has 1 aliphatic rings. The topological polar surface area (TPSA) is 12.0 Å². The number of hydrogen-bond acceptors (Lipinski definition) is 1. The highest BCUT2D eigenvalue weighted by Gasteiger charge is 2.41. The van der Waals surface area contributed by atoms with Gasteiger partial charge in [0.2, 0.25) is 0 Å². The third-order valence-electron chi connectivity index (χ3n) is 5.75. The van der Waals surface area contributed by atoms with Crippen molar-refractivity contribution >= 4 is 0 Å². The Bertz CT molecular complexity index is 388. The molecule has 1 aromatic rings. The lowest BCUT2D eigenvalue weighted by Crippen LogP contribution is -2.52. The molecule has 1 atom stereocenters. The van der Waals surface area contributed by atoms with Crippen molar-refractivity contribution < 1.29 is 0 Å². The molecule has 0 amide bonds. The second kappa shape index (κ2) is 7.98. The highest BCUT2D eigenvalue weighted by molar-refractivity contribution is 5.28. The Morgan fingerprint density at radius 2 is 1.62 bits per heavy atom. The van der Waals surface area contributed by atoms with Gasteiger partial charge in [0.25, 0.3) is 0 Å². The molecule has 1 unspecified atom stereocenters. The molecule has 0 saturated heterocycles. The van der Waals surface area contributed by atoms with E-state index in [1.807, 2.05) is 0 Å². The zero-order chi connectivity index (χ0) is 15.1. The van der Waals surface area contributed by atoms with Crippen LogP contribution in [0.1, 0.15) is 71.3 Å². The highest BCUT2D eigenvalue weighted by Crippen LogP contribution is 2.42. The molecule has 0 radical (unpaired) electrons. The summed E-state index contributed by atoms with van der Waals surface area (Å²) in [5.41, 5.74) is 1.82. The standard InChI is InChI=1S/C20H33N/c1-4-20(5-2,18-15-11-8-12-16-18)19(21-6-3)17-13-9-7-10-14-17/h8,11-12,15-17,19,21H,4-7,9-10,13-14H2,1-3H3. The molecule has 1 aromatic carbocycles. The highest BCUT2D eigenvalue weighted by atomic mass is 14.9. The SMILES string of the molecule is CCNC(C1CCCCC1)C(CC)(CC)c1ccccc1. The maximum atomic E-state index is 3.89. The van der Waals surface area contributed by atoms with Crippen LogP contribution >= 0.6 is 0 Å². The van der Waals surface area contributed by atoms with Gasteiger partial charge in [-0.1, -0.05) is 70.4 Å². The van der Waals surface area contributed by atoms with E-state index in [0.29, 0.717) is 11.5 Å². The van der Waals surface area contributed by atoms with E-state index in [9.17, 15) is 0 Å². The Kier molecular flexibility index (Phi) is 6.29. The van der Waals surface area contributed by atoms with E-state index in [1.165, 1.54) is 50.5 Å². The second-order valence-corrected chi connectivity index (χ2v) is 6.66. The molecule has 1 heteroatoms. The van der Waals surface area contributed by atoms with Crippen LogP contribution in [0.4, 0.5) is 0 Å². The van der Waals surface area contributed by atoms with E-state index in [0.717, 1.165) is 12.5 Å². The maximum absolute atomic E-state index is 3.89. The monoisotopic (exact) mass is 287 g/mol. The molecule has 2 rings (SSSR count). The Morgan fingerprint density at radius 1 is 1.00 bits per heavy atom. The number of benzene rings is 1. The quantitative estimate of drug-likeness (QED) is 0.717. The molecule has 0 spiro atoms. The van der Waals surface area contributed by atoms with Gasteiger partial charge in [-0.3, -0.25) is 0 Å². The van der Waals surface area contributed by atoms with Crippen molar-refractivity contribution in [3.8, 4) is 0 Å². The molecule has 1 fully saturated rings. The molecule has 0 aliphatic heterocycles. The van der Waals surface area contributed by atoms with Gasteiger partial charge in [0.15, 0.2) is 0 Å². The van der Waals surface area contributed by atoms with Crippen LogP contribution in [0.15, 0.2) is 30.3 Å². The minimum absolute atomic E-state index is 0.291. The van der Waals surface area contributed by atoms with Crippen molar-refractivity contribution in [2.45, 2.75) is 77.2 Å². The van der Waals surface area contributed by atoms with Crippen LogP contribution in [-0.4, -0.2) is 12.6 Å². The summed E-state index contributed by atoms with van der Waals surface area (Å²) in [7, 11) is 0. The van der Waals surface area contributed by atoms with Crippen LogP contribution < -0.4 is 5.32 Å².